The van der Waals surface area contributed by atoms with Crippen LogP contribution < -0.4 is 4.74 Å². The first-order valence-electron chi connectivity index (χ1n) is 9.11. The lowest BCUT2D eigenvalue weighted by molar-refractivity contribution is -0.143. The Kier molecular flexibility index (Phi) is 6.01. The second-order valence-corrected chi connectivity index (χ2v) is 7.11. The third-order valence-corrected chi connectivity index (χ3v) is 5.64. The highest BCUT2D eigenvalue weighted by Crippen LogP contribution is 2.40. The van der Waals surface area contributed by atoms with Crippen LogP contribution in [0.4, 0.5) is 0 Å². The fourth-order valence-corrected chi connectivity index (χ4v) is 4.36. The molecule has 2 aromatic rings. The number of hydrogen-bond acceptors (Lipinski definition) is 6. The third kappa shape index (κ3) is 3.94. The van der Waals surface area contributed by atoms with Gasteiger partial charge in [-0.3, -0.25) is 9.69 Å². The van der Waals surface area contributed by atoms with E-state index in [2.05, 4.69) is 15.0 Å². The third-order valence-electron chi connectivity index (χ3n) is 5.64. The van der Waals surface area contributed by atoms with Crippen molar-refractivity contribution >= 4 is 18.4 Å². The van der Waals surface area contributed by atoms with Gasteiger partial charge in [-0.25, -0.2) is 0 Å². The van der Waals surface area contributed by atoms with Gasteiger partial charge in [-0.1, -0.05) is 18.0 Å². The lowest BCUT2D eigenvalue weighted by Crippen LogP contribution is -2.41. The van der Waals surface area contributed by atoms with E-state index < -0.39 is 12.0 Å². The summed E-state index contributed by atoms with van der Waals surface area (Å²) in [5, 5.41) is 13.7. The molecule has 3 unspecified atom stereocenters. The SMILES string of the molecule is COc1ccc(-c2noc(CN3C(C(=O)O)CC4CCCCC43)n2)cc1.Cl. The number of likely N-dealkylation sites (tertiary alicyclic amines) is 1. The second-order valence-electron chi connectivity index (χ2n) is 7.11. The molecule has 1 aromatic carbocycles. The van der Waals surface area contributed by atoms with Crippen LogP contribution in [0, 0.1) is 5.92 Å². The van der Waals surface area contributed by atoms with E-state index in [0.717, 1.165) is 37.0 Å². The normalized spacial score (nSPS) is 24.9. The fourth-order valence-electron chi connectivity index (χ4n) is 4.36. The number of nitrogens with zero attached hydrogens (tertiary/aromatic N) is 3. The molecule has 8 heteroatoms. The molecule has 1 saturated heterocycles. The van der Waals surface area contributed by atoms with E-state index in [-0.39, 0.29) is 12.4 Å². The topological polar surface area (TPSA) is 88.7 Å². The number of aromatic nitrogens is 2. The summed E-state index contributed by atoms with van der Waals surface area (Å²) >= 11 is 0. The molecule has 1 aliphatic carbocycles. The summed E-state index contributed by atoms with van der Waals surface area (Å²) in [6.45, 7) is 0.390. The van der Waals surface area contributed by atoms with Crippen molar-refractivity contribution < 1.29 is 19.2 Å². The van der Waals surface area contributed by atoms with Crippen LogP contribution in [-0.2, 0) is 11.3 Å². The molecule has 7 nitrogen and oxygen atoms in total. The van der Waals surface area contributed by atoms with E-state index >= 15 is 0 Å². The average molecular weight is 394 g/mol. The van der Waals surface area contributed by atoms with E-state index in [1.54, 1.807) is 7.11 Å². The van der Waals surface area contributed by atoms with Gasteiger partial charge in [-0.2, -0.15) is 4.98 Å². The van der Waals surface area contributed by atoms with Gasteiger partial charge in [0.2, 0.25) is 11.7 Å². The highest BCUT2D eigenvalue weighted by molar-refractivity contribution is 5.85. The Hall–Kier alpha value is -2.12. The quantitative estimate of drug-likeness (QED) is 0.832. The van der Waals surface area contributed by atoms with Crippen molar-refractivity contribution in [3.05, 3.63) is 30.2 Å². The molecule has 2 aliphatic rings. The van der Waals surface area contributed by atoms with Crippen LogP contribution in [0.15, 0.2) is 28.8 Å². The van der Waals surface area contributed by atoms with Crippen molar-refractivity contribution in [2.24, 2.45) is 5.92 Å². The number of hydrogen-bond donors (Lipinski definition) is 1. The van der Waals surface area contributed by atoms with Crippen LogP contribution in [0.5, 0.6) is 5.75 Å². The maximum Gasteiger partial charge on any atom is 0.320 e. The first-order valence-corrected chi connectivity index (χ1v) is 9.11. The number of halogens is 1. The summed E-state index contributed by atoms with van der Waals surface area (Å²) in [6, 6.07) is 7.29. The molecule has 4 rings (SSSR count). The van der Waals surface area contributed by atoms with E-state index in [9.17, 15) is 9.90 Å². The first-order chi connectivity index (χ1) is 12.7. The van der Waals surface area contributed by atoms with E-state index in [1.165, 1.54) is 6.42 Å². The van der Waals surface area contributed by atoms with Gasteiger partial charge in [-0.05, 0) is 49.4 Å². The molecule has 1 aliphatic heterocycles. The minimum atomic E-state index is -0.755. The largest absolute Gasteiger partial charge is 0.497 e. The molecule has 27 heavy (non-hydrogen) atoms. The van der Waals surface area contributed by atoms with Gasteiger partial charge >= 0.3 is 5.97 Å². The highest BCUT2D eigenvalue weighted by atomic mass is 35.5. The molecule has 1 saturated carbocycles. The Morgan fingerprint density at radius 2 is 2.04 bits per heavy atom. The molecule has 146 valence electrons. The highest BCUT2D eigenvalue weighted by Gasteiger charge is 2.45. The number of aliphatic carboxylic acids is 1. The first kappa shape index (κ1) is 19.6. The number of carbonyl (C=O) groups is 1. The molecule has 1 N–H and O–H groups in total. The van der Waals surface area contributed by atoms with E-state index in [1.807, 2.05) is 24.3 Å². The van der Waals surface area contributed by atoms with Gasteiger partial charge < -0.3 is 14.4 Å². The number of carboxylic acid groups (broad SMARTS) is 1. The molecule has 0 bridgehead atoms. The summed E-state index contributed by atoms with van der Waals surface area (Å²) in [7, 11) is 1.62. The zero-order valence-corrected chi connectivity index (χ0v) is 16.0. The Bertz CT molecular complexity index is 780. The lowest BCUT2D eigenvalue weighted by Gasteiger charge is -2.31. The van der Waals surface area contributed by atoms with Crippen molar-refractivity contribution in [2.75, 3.05) is 7.11 Å². The number of fused-ring (bicyclic) bond motifs is 1. The number of benzene rings is 1. The molecule has 3 atom stereocenters. The predicted molar refractivity (Wildman–Crippen MR) is 101 cm³/mol. The van der Waals surface area contributed by atoms with Gasteiger partial charge in [0.15, 0.2) is 0 Å². The van der Waals surface area contributed by atoms with Crippen LogP contribution in [0.25, 0.3) is 11.4 Å². The standard InChI is InChI=1S/C19H23N3O4.ClH/c1-25-14-8-6-12(7-9-14)18-20-17(26-21-18)11-22-15-5-3-2-4-13(15)10-16(22)19(23)24;/h6-9,13,15-16H,2-5,10-11H2,1H3,(H,23,24);1H. The zero-order valence-electron chi connectivity index (χ0n) is 15.2. The van der Waals surface area contributed by atoms with Crippen molar-refractivity contribution in [1.82, 2.24) is 15.0 Å². The Labute approximate surface area is 164 Å². The number of methoxy groups -OCH3 is 1. The molecule has 1 aromatic heterocycles. The molecule has 2 heterocycles. The summed E-state index contributed by atoms with van der Waals surface area (Å²) in [6.07, 6.45) is 5.24. The minimum Gasteiger partial charge on any atom is -0.497 e. The van der Waals surface area contributed by atoms with Crippen LogP contribution in [-0.4, -0.2) is 45.3 Å². The molecule has 2 fully saturated rings. The van der Waals surface area contributed by atoms with Crippen molar-refractivity contribution in [1.29, 1.82) is 0 Å². The smallest absolute Gasteiger partial charge is 0.320 e. The average Bonchev–Trinajstić information content (AvgIpc) is 3.27. The number of rotatable bonds is 5. The molecule has 0 amide bonds. The predicted octanol–water partition coefficient (Wildman–Crippen LogP) is 3.38. The van der Waals surface area contributed by atoms with Gasteiger partial charge in [0.25, 0.3) is 0 Å². The minimum absolute atomic E-state index is 0. The fraction of sp³-hybridized carbons (Fsp3) is 0.526. The maximum atomic E-state index is 11.7. The maximum absolute atomic E-state index is 11.7. The Morgan fingerprint density at radius 1 is 1.30 bits per heavy atom. The summed E-state index contributed by atoms with van der Waals surface area (Å²) in [5.74, 6) is 1.45. The van der Waals surface area contributed by atoms with Crippen molar-refractivity contribution in [3.8, 4) is 17.1 Å². The van der Waals surface area contributed by atoms with Gasteiger partial charge in [-0.15, -0.1) is 12.4 Å². The molecule has 0 spiro atoms. The summed E-state index contributed by atoms with van der Waals surface area (Å²) < 4.78 is 10.6. The molecular weight excluding hydrogens is 370 g/mol. The van der Waals surface area contributed by atoms with Crippen LogP contribution in [0.3, 0.4) is 0 Å². The Morgan fingerprint density at radius 3 is 2.74 bits per heavy atom. The van der Waals surface area contributed by atoms with E-state index in [0.29, 0.717) is 30.2 Å². The number of ether oxygens (including phenoxy) is 1. The lowest BCUT2D eigenvalue weighted by atomic mass is 9.85. The van der Waals surface area contributed by atoms with Crippen LogP contribution in [0.1, 0.15) is 38.0 Å². The van der Waals surface area contributed by atoms with Gasteiger partial charge in [0, 0.05) is 11.6 Å². The van der Waals surface area contributed by atoms with Crippen LogP contribution in [0.2, 0.25) is 0 Å². The van der Waals surface area contributed by atoms with Crippen molar-refractivity contribution in [3.63, 3.8) is 0 Å². The Balaban J connectivity index is 0.00000210. The van der Waals surface area contributed by atoms with Gasteiger partial charge in [0.1, 0.15) is 11.8 Å². The van der Waals surface area contributed by atoms with Gasteiger partial charge in [0.05, 0.1) is 13.7 Å². The van der Waals surface area contributed by atoms with Crippen molar-refractivity contribution in [2.45, 2.75) is 50.7 Å². The second kappa shape index (κ2) is 8.27. The summed E-state index contributed by atoms with van der Waals surface area (Å²) in [5.41, 5.74) is 0.840. The molecule has 0 radical (unpaired) electrons. The van der Waals surface area contributed by atoms with E-state index in [4.69, 9.17) is 9.26 Å². The monoisotopic (exact) mass is 393 g/mol. The number of carboxylic acids is 1. The zero-order chi connectivity index (χ0) is 18.1. The molecular formula is C19H24ClN3O4. The summed E-state index contributed by atoms with van der Waals surface area (Å²) in [4.78, 5) is 18.2. The van der Waals surface area contributed by atoms with Crippen LogP contribution >= 0.6 is 12.4 Å².